The third kappa shape index (κ3) is 5.09. The third-order valence-electron chi connectivity index (χ3n) is 2.36. The minimum atomic E-state index is -1.00. The Balaban J connectivity index is 2.31. The Kier molecular flexibility index (Phi) is 5.21. The molecule has 6 nitrogen and oxygen atoms in total. The molecule has 0 aromatic rings. The first-order chi connectivity index (χ1) is 7.63. The lowest BCUT2D eigenvalue weighted by atomic mass is 10.4. The lowest BCUT2D eigenvalue weighted by Gasteiger charge is -2.20. The molecule has 1 rings (SSSR count). The summed E-state index contributed by atoms with van der Waals surface area (Å²) in [4.78, 5) is 23.5. The molecule has 1 aliphatic rings. The summed E-state index contributed by atoms with van der Waals surface area (Å²) in [7, 11) is 1.52. The number of nitrogens with zero attached hydrogens (tertiary/aromatic N) is 1. The molecule has 0 atom stereocenters. The van der Waals surface area contributed by atoms with E-state index in [4.69, 9.17) is 9.84 Å². The standard InChI is InChI=1S/C10H18N2O4/c1-16-5-4-12(7-10(14)15)9(13)6-11-8-2-3-8/h8,11H,2-7H2,1H3,(H,14,15). The van der Waals surface area contributed by atoms with Crippen LogP contribution >= 0.6 is 0 Å². The van der Waals surface area contributed by atoms with E-state index in [1.807, 2.05) is 0 Å². The summed E-state index contributed by atoms with van der Waals surface area (Å²) in [5, 5.41) is 11.7. The van der Waals surface area contributed by atoms with Crippen LogP contribution in [-0.4, -0.2) is 61.3 Å². The van der Waals surface area contributed by atoms with Crippen LogP contribution in [0.15, 0.2) is 0 Å². The second kappa shape index (κ2) is 6.44. The number of carbonyl (C=O) groups is 2. The van der Waals surface area contributed by atoms with Crippen molar-refractivity contribution in [1.82, 2.24) is 10.2 Å². The molecule has 0 spiro atoms. The molecule has 1 fully saturated rings. The Bertz CT molecular complexity index is 253. The number of carbonyl (C=O) groups excluding carboxylic acids is 1. The van der Waals surface area contributed by atoms with Crippen LogP contribution in [-0.2, 0) is 14.3 Å². The molecule has 0 heterocycles. The number of carboxylic acids is 1. The summed E-state index contributed by atoms with van der Waals surface area (Å²) in [6.07, 6.45) is 2.20. The van der Waals surface area contributed by atoms with E-state index in [1.54, 1.807) is 0 Å². The maximum atomic E-state index is 11.7. The highest BCUT2D eigenvalue weighted by Gasteiger charge is 2.23. The SMILES string of the molecule is COCCN(CC(=O)O)C(=O)CNC1CC1. The first-order valence-electron chi connectivity index (χ1n) is 5.35. The van der Waals surface area contributed by atoms with Gasteiger partial charge in [-0.1, -0.05) is 0 Å². The van der Waals surface area contributed by atoms with Crippen LogP contribution in [0.2, 0.25) is 0 Å². The summed E-state index contributed by atoms with van der Waals surface area (Å²) in [5.41, 5.74) is 0. The quantitative estimate of drug-likeness (QED) is 0.576. The van der Waals surface area contributed by atoms with Gasteiger partial charge >= 0.3 is 5.97 Å². The van der Waals surface area contributed by atoms with Crippen LogP contribution in [0.1, 0.15) is 12.8 Å². The molecule has 0 bridgehead atoms. The fourth-order valence-corrected chi connectivity index (χ4v) is 1.29. The topological polar surface area (TPSA) is 78.9 Å². The van der Waals surface area contributed by atoms with Crippen LogP contribution in [0.4, 0.5) is 0 Å². The smallest absolute Gasteiger partial charge is 0.323 e. The number of amides is 1. The normalized spacial score (nSPS) is 14.8. The van der Waals surface area contributed by atoms with Gasteiger partial charge in [0.15, 0.2) is 0 Å². The zero-order valence-corrected chi connectivity index (χ0v) is 9.44. The Morgan fingerprint density at radius 3 is 2.69 bits per heavy atom. The van der Waals surface area contributed by atoms with Gasteiger partial charge in [-0.05, 0) is 12.8 Å². The van der Waals surface area contributed by atoms with Crippen molar-refractivity contribution in [2.24, 2.45) is 0 Å². The molecule has 0 aliphatic heterocycles. The largest absolute Gasteiger partial charge is 0.480 e. The average Bonchev–Trinajstić information content (AvgIpc) is 3.04. The van der Waals surface area contributed by atoms with Gasteiger partial charge < -0.3 is 20.1 Å². The van der Waals surface area contributed by atoms with Crippen molar-refractivity contribution < 1.29 is 19.4 Å². The fourth-order valence-electron chi connectivity index (χ4n) is 1.29. The molecule has 0 aromatic carbocycles. The summed E-state index contributed by atoms with van der Waals surface area (Å²) < 4.78 is 4.83. The van der Waals surface area contributed by atoms with Crippen molar-refractivity contribution in [2.75, 3.05) is 33.4 Å². The molecule has 92 valence electrons. The molecule has 1 saturated carbocycles. The minimum absolute atomic E-state index is 0.189. The van der Waals surface area contributed by atoms with Crippen molar-refractivity contribution >= 4 is 11.9 Å². The Morgan fingerprint density at radius 2 is 2.19 bits per heavy atom. The Labute approximate surface area is 94.6 Å². The number of ether oxygens (including phenoxy) is 1. The predicted octanol–water partition coefficient (Wildman–Crippen LogP) is -0.702. The monoisotopic (exact) mass is 230 g/mol. The van der Waals surface area contributed by atoms with Crippen LogP contribution in [0.25, 0.3) is 0 Å². The number of methoxy groups -OCH3 is 1. The molecular formula is C10H18N2O4. The van der Waals surface area contributed by atoms with E-state index in [2.05, 4.69) is 5.32 Å². The molecule has 6 heteroatoms. The van der Waals surface area contributed by atoms with Crippen molar-refractivity contribution in [3.8, 4) is 0 Å². The number of aliphatic carboxylic acids is 1. The zero-order chi connectivity index (χ0) is 12.0. The number of hydrogen-bond acceptors (Lipinski definition) is 4. The highest BCUT2D eigenvalue weighted by Crippen LogP contribution is 2.18. The van der Waals surface area contributed by atoms with Gasteiger partial charge in [-0.3, -0.25) is 9.59 Å². The lowest BCUT2D eigenvalue weighted by Crippen LogP contribution is -2.43. The zero-order valence-electron chi connectivity index (χ0n) is 9.44. The molecule has 0 aromatic heterocycles. The molecule has 16 heavy (non-hydrogen) atoms. The first-order valence-corrected chi connectivity index (χ1v) is 5.35. The fraction of sp³-hybridized carbons (Fsp3) is 0.800. The van der Waals surface area contributed by atoms with E-state index in [0.717, 1.165) is 12.8 Å². The minimum Gasteiger partial charge on any atom is -0.480 e. The summed E-state index contributed by atoms with van der Waals surface area (Å²) in [6.45, 7) is 0.604. The van der Waals surface area contributed by atoms with E-state index < -0.39 is 5.97 Å². The van der Waals surface area contributed by atoms with Crippen LogP contribution in [0.5, 0.6) is 0 Å². The molecule has 1 amide bonds. The van der Waals surface area contributed by atoms with Crippen LogP contribution in [0, 0.1) is 0 Å². The second-order valence-electron chi connectivity index (χ2n) is 3.86. The highest BCUT2D eigenvalue weighted by atomic mass is 16.5. The van der Waals surface area contributed by atoms with Crippen molar-refractivity contribution in [3.63, 3.8) is 0 Å². The number of nitrogens with one attached hydrogen (secondary N) is 1. The van der Waals surface area contributed by atoms with Gasteiger partial charge in [-0.15, -0.1) is 0 Å². The van der Waals surface area contributed by atoms with Crippen LogP contribution in [0.3, 0.4) is 0 Å². The maximum Gasteiger partial charge on any atom is 0.323 e. The molecule has 2 N–H and O–H groups in total. The lowest BCUT2D eigenvalue weighted by molar-refractivity contribution is -0.144. The van der Waals surface area contributed by atoms with E-state index in [9.17, 15) is 9.59 Å². The average molecular weight is 230 g/mol. The van der Waals surface area contributed by atoms with Gasteiger partial charge in [0.25, 0.3) is 0 Å². The van der Waals surface area contributed by atoms with Crippen molar-refractivity contribution in [3.05, 3.63) is 0 Å². The van der Waals surface area contributed by atoms with Gasteiger partial charge in [0, 0.05) is 19.7 Å². The summed E-state index contributed by atoms with van der Waals surface area (Å²) in [6, 6.07) is 0.443. The van der Waals surface area contributed by atoms with Gasteiger partial charge in [0.1, 0.15) is 6.54 Å². The first kappa shape index (κ1) is 12.9. The van der Waals surface area contributed by atoms with Crippen molar-refractivity contribution in [2.45, 2.75) is 18.9 Å². The second-order valence-corrected chi connectivity index (χ2v) is 3.86. The van der Waals surface area contributed by atoms with Gasteiger partial charge in [-0.2, -0.15) is 0 Å². The molecular weight excluding hydrogens is 212 g/mol. The van der Waals surface area contributed by atoms with E-state index in [-0.39, 0.29) is 19.0 Å². The summed E-state index contributed by atoms with van der Waals surface area (Å²) >= 11 is 0. The molecule has 0 unspecified atom stereocenters. The van der Waals surface area contributed by atoms with Gasteiger partial charge in [0.05, 0.1) is 13.2 Å². The van der Waals surface area contributed by atoms with Crippen molar-refractivity contribution in [1.29, 1.82) is 0 Å². The van der Waals surface area contributed by atoms with Gasteiger partial charge in [0.2, 0.25) is 5.91 Å². The summed E-state index contributed by atoms with van der Waals surface area (Å²) in [5.74, 6) is -1.19. The molecule has 0 saturated heterocycles. The Morgan fingerprint density at radius 1 is 1.50 bits per heavy atom. The molecule has 1 aliphatic carbocycles. The van der Waals surface area contributed by atoms with E-state index in [0.29, 0.717) is 19.2 Å². The molecule has 0 radical (unpaired) electrons. The number of rotatable bonds is 8. The maximum absolute atomic E-state index is 11.7. The van der Waals surface area contributed by atoms with Crippen LogP contribution < -0.4 is 5.32 Å². The predicted molar refractivity (Wildman–Crippen MR) is 57.1 cm³/mol. The van der Waals surface area contributed by atoms with E-state index in [1.165, 1.54) is 12.0 Å². The van der Waals surface area contributed by atoms with E-state index >= 15 is 0 Å². The third-order valence-corrected chi connectivity index (χ3v) is 2.36. The number of carboxylic acid groups (broad SMARTS) is 1. The number of hydrogen-bond donors (Lipinski definition) is 2. The highest BCUT2D eigenvalue weighted by molar-refractivity contribution is 5.82. The Hall–Kier alpha value is -1.14. The van der Waals surface area contributed by atoms with Gasteiger partial charge in [-0.25, -0.2) is 0 Å².